The molecule has 1 unspecified atom stereocenters. The van der Waals surface area contributed by atoms with Gasteiger partial charge in [0, 0.05) is 6.07 Å². The minimum absolute atomic E-state index is 0.0908. The molecule has 0 heterocycles. The molecule has 4 nitrogen and oxygen atoms in total. The minimum Gasteiger partial charge on any atom is -0.491 e. The van der Waals surface area contributed by atoms with Crippen molar-refractivity contribution in [3.05, 3.63) is 29.8 Å². The average Bonchev–Trinajstić information content (AvgIpc) is 2.28. The zero-order valence-electron chi connectivity index (χ0n) is 9.24. The maximum absolute atomic E-state index is 12.8. The van der Waals surface area contributed by atoms with Crippen LogP contribution in [0.3, 0.4) is 0 Å². The number of rotatable bonds is 6. The van der Waals surface area contributed by atoms with Crippen LogP contribution < -0.4 is 10.1 Å². The van der Waals surface area contributed by atoms with Gasteiger partial charge in [-0.25, -0.2) is 8.78 Å². The third-order valence-electron chi connectivity index (χ3n) is 2.06. The summed E-state index contributed by atoms with van der Waals surface area (Å²) in [6, 6.07) is 2.16. The quantitative estimate of drug-likeness (QED) is 0.795. The summed E-state index contributed by atoms with van der Waals surface area (Å²) in [5.74, 6) is -2.97. The maximum Gasteiger partial charge on any atom is 0.324 e. The molecule has 1 rings (SSSR count). The Balaban J connectivity index is 2.59. The van der Waals surface area contributed by atoms with Gasteiger partial charge >= 0.3 is 5.97 Å². The van der Waals surface area contributed by atoms with Gasteiger partial charge in [0.15, 0.2) is 11.6 Å². The van der Waals surface area contributed by atoms with E-state index in [2.05, 4.69) is 5.32 Å². The molecule has 0 amide bonds. The SMILES string of the molecule is CCNC(COc1ccc(F)c(F)c1)C(=O)O. The Morgan fingerprint density at radius 3 is 2.71 bits per heavy atom. The van der Waals surface area contributed by atoms with Crippen molar-refractivity contribution in [1.82, 2.24) is 5.32 Å². The number of benzene rings is 1. The molecule has 1 atom stereocenters. The first kappa shape index (κ1) is 13.4. The fourth-order valence-corrected chi connectivity index (χ4v) is 1.21. The van der Waals surface area contributed by atoms with E-state index in [1.807, 2.05) is 0 Å². The Morgan fingerprint density at radius 1 is 1.47 bits per heavy atom. The van der Waals surface area contributed by atoms with Gasteiger partial charge in [0.1, 0.15) is 18.4 Å². The molecule has 0 aromatic heterocycles. The molecule has 0 fully saturated rings. The third kappa shape index (κ3) is 3.99. The van der Waals surface area contributed by atoms with Crippen LogP contribution in [0, 0.1) is 11.6 Å². The van der Waals surface area contributed by atoms with Crippen molar-refractivity contribution in [2.45, 2.75) is 13.0 Å². The lowest BCUT2D eigenvalue weighted by Gasteiger charge is -2.14. The summed E-state index contributed by atoms with van der Waals surface area (Å²) in [7, 11) is 0. The number of hydrogen-bond acceptors (Lipinski definition) is 3. The van der Waals surface area contributed by atoms with Gasteiger partial charge < -0.3 is 15.2 Å². The average molecular weight is 245 g/mol. The molecule has 1 aromatic rings. The zero-order chi connectivity index (χ0) is 12.8. The summed E-state index contributed by atoms with van der Waals surface area (Å²) < 4.78 is 30.5. The first-order chi connectivity index (χ1) is 8.04. The molecule has 6 heteroatoms. The van der Waals surface area contributed by atoms with E-state index in [9.17, 15) is 13.6 Å². The van der Waals surface area contributed by atoms with Gasteiger partial charge in [0.05, 0.1) is 0 Å². The van der Waals surface area contributed by atoms with E-state index >= 15 is 0 Å². The number of aliphatic carboxylic acids is 1. The number of halogens is 2. The Kier molecular flexibility index (Phi) is 4.84. The van der Waals surface area contributed by atoms with Crippen LogP contribution in [-0.2, 0) is 4.79 Å². The molecule has 2 N–H and O–H groups in total. The normalized spacial score (nSPS) is 12.2. The topological polar surface area (TPSA) is 58.6 Å². The van der Waals surface area contributed by atoms with Gasteiger partial charge in [0.2, 0.25) is 0 Å². The number of hydrogen-bond donors (Lipinski definition) is 2. The van der Waals surface area contributed by atoms with Gasteiger partial charge in [-0.2, -0.15) is 0 Å². The monoisotopic (exact) mass is 245 g/mol. The van der Waals surface area contributed by atoms with Gasteiger partial charge in [-0.1, -0.05) is 6.92 Å². The number of ether oxygens (including phenoxy) is 1. The Bertz CT molecular complexity index is 398. The van der Waals surface area contributed by atoms with Gasteiger partial charge in [0.25, 0.3) is 0 Å². The van der Waals surface area contributed by atoms with Crippen LogP contribution in [0.1, 0.15) is 6.92 Å². The number of nitrogens with one attached hydrogen (secondary N) is 1. The van der Waals surface area contributed by atoms with Crippen molar-refractivity contribution < 1.29 is 23.4 Å². The van der Waals surface area contributed by atoms with Crippen LogP contribution in [0.2, 0.25) is 0 Å². The fraction of sp³-hybridized carbons (Fsp3) is 0.364. The molecule has 94 valence electrons. The van der Waals surface area contributed by atoms with E-state index in [-0.39, 0.29) is 12.4 Å². The van der Waals surface area contributed by atoms with Crippen molar-refractivity contribution in [1.29, 1.82) is 0 Å². The predicted octanol–water partition coefficient (Wildman–Crippen LogP) is 1.41. The van der Waals surface area contributed by atoms with Crippen molar-refractivity contribution >= 4 is 5.97 Å². The highest BCUT2D eigenvalue weighted by molar-refractivity contribution is 5.73. The van der Waals surface area contributed by atoms with E-state index in [4.69, 9.17) is 9.84 Å². The molecule has 0 spiro atoms. The van der Waals surface area contributed by atoms with E-state index in [0.29, 0.717) is 6.54 Å². The highest BCUT2D eigenvalue weighted by Gasteiger charge is 2.16. The van der Waals surface area contributed by atoms with Gasteiger partial charge in [-0.3, -0.25) is 4.79 Å². The maximum atomic E-state index is 12.8. The highest BCUT2D eigenvalue weighted by atomic mass is 19.2. The lowest BCUT2D eigenvalue weighted by Crippen LogP contribution is -2.41. The van der Waals surface area contributed by atoms with E-state index < -0.39 is 23.6 Å². The van der Waals surface area contributed by atoms with E-state index in [1.165, 1.54) is 6.07 Å². The Labute approximate surface area is 97.2 Å². The first-order valence-electron chi connectivity index (χ1n) is 5.08. The smallest absolute Gasteiger partial charge is 0.324 e. The molecular weight excluding hydrogens is 232 g/mol. The van der Waals surface area contributed by atoms with Crippen molar-refractivity contribution in [2.75, 3.05) is 13.2 Å². The van der Waals surface area contributed by atoms with Crippen molar-refractivity contribution in [3.8, 4) is 5.75 Å². The second kappa shape index (κ2) is 6.15. The van der Waals surface area contributed by atoms with Crippen LogP contribution in [0.4, 0.5) is 8.78 Å². The second-order valence-electron chi connectivity index (χ2n) is 3.34. The van der Waals surface area contributed by atoms with Crippen LogP contribution in [0.25, 0.3) is 0 Å². The first-order valence-corrected chi connectivity index (χ1v) is 5.08. The molecular formula is C11H13F2NO3. The number of carboxylic acid groups (broad SMARTS) is 1. The molecule has 0 saturated heterocycles. The summed E-state index contributed by atoms with van der Waals surface area (Å²) in [6.07, 6.45) is 0. The Morgan fingerprint density at radius 2 is 2.18 bits per heavy atom. The van der Waals surface area contributed by atoms with Crippen LogP contribution in [-0.4, -0.2) is 30.3 Å². The summed E-state index contributed by atoms with van der Waals surface area (Å²) >= 11 is 0. The number of likely N-dealkylation sites (N-methyl/N-ethyl adjacent to an activating group) is 1. The van der Waals surface area contributed by atoms with Crippen molar-refractivity contribution in [3.63, 3.8) is 0 Å². The minimum atomic E-state index is -1.06. The number of carboxylic acids is 1. The highest BCUT2D eigenvalue weighted by Crippen LogP contribution is 2.15. The predicted molar refractivity (Wildman–Crippen MR) is 57.0 cm³/mol. The molecule has 0 radical (unpaired) electrons. The van der Waals surface area contributed by atoms with Crippen molar-refractivity contribution in [2.24, 2.45) is 0 Å². The lowest BCUT2D eigenvalue weighted by atomic mass is 10.3. The molecule has 0 aliphatic heterocycles. The van der Waals surface area contributed by atoms with E-state index in [0.717, 1.165) is 12.1 Å². The molecule has 1 aromatic carbocycles. The van der Waals surface area contributed by atoms with Gasteiger partial charge in [-0.15, -0.1) is 0 Å². The van der Waals surface area contributed by atoms with Crippen LogP contribution in [0.15, 0.2) is 18.2 Å². The molecule has 0 saturated carbocycles. The summed E-state index contributed by atoms with van der Waals surface area (Å²) in [4.78, 5) is 10.8. The molecule has 0 bridgehead atoms. The summed E-state index contributed by atoms with van der Waals surface area (Å²) in [5, 5.41) is 11.5. The molecule has 0 aliphatic rings. The van der Waals surface area contributed by atoms with E-state index in [1.54, 1.807) is 6.92 Å². The molecule has 0 aliphatic carbocycles. The standard InChI is InChI=1S/C11H13F2NO3/c1-2-14-10(11(15)16)6-17-7-3-4-8(12)9(13)5-7/h3-5,10,14H,2,6H2,1H3,(H,15,16). The largest absolute Gasteiger partial charge is 0.491 e. The fourth-order valence-electron chi connectivity index (χ4n) is 1.21. The third-order valence-corrected chi connectivity index (χ3v) is 2.06. The summed E-state index contributed by atoms with van der Waals surface area (Å²) in [5.41, 5.74) is 0. The second-order valence-corrected chi connectivity index (χ2v) is 3.34. The number of carbonyl (C=O) groups is 1. The van der Waals surface area contributed by atoms with Crippen LogP contribution >= 0.6 is 0 Å². The summed E-state index contributed by atoms with van der Waals surface area (Å²) in [6.45, 7) is 2.07. The lowest BCUT2D eigenvalue weighted by molar-refractivity contribution is -0.140. The zero-order valence-corrected chi connectivity index (χ0v) is 9.24. The van der Waals surface area contributed by atoms with Gasteiger partial charge in [-0.05, 0) is 18.7 Å². The molecule has 17 heavy (non-hydrogen) atoms. The Hall–Kier alpha value is -1.69. The van der Waals surface area contributed by atoms with Crippen LogP contribution in [0.5, 0.6) is 5.75 Å².